The normalized spacial score (nSPS) is 19.3. The Hall–Kier alpha value is -1.56. The standard InChI is InChI=1S/C11H18N4O2/c1-15(6-8-4-3-5-17-8)11-9(16-2)10(12)13-7-14-11/h7-8H,3-6H2,1-2H3,(H2,12,13,14). The van der Waals surface area contributed by atoms with Crippen molar-refractivity contribution in [1.82, 2.24) is 9.97 Å². The fourth-order valence-corrected chi connectivity index (χ4v) is 2.03. The van der Waals surface area contributed by atoms with E-state index in [0.717, 1.165) is 26.0 Å². The van der Waals surface area contributed by atoms with Crippen LogP contribution in [-0.2, 0) is 4.74 Å². The molecule has 0 saturated carbocycles. The molecule has 2 rings (SSSR count). The lowest BCUT2D eigenvalue weighted by molar-refractivity contribution is 0.116. The van der Waals surface area contributed by atoms with Crippen LogP contribution in [-0.4, -0.2) is 43.4 Å². The monoisotopic (exact) mass is 238 g/mol. The second-order valence-corrected chi connectivity index (χ2v) is 4.13. The van der Waals surface area contributed by atoms with Gasteiger partial charge in [-0.15, -0.1) is 0 Å². The molecule has 1 aromatic rings. The van der Waals surface area contributed by atoms with Crippen molar-refractivity contribution < 1.29 is 9.47 Å². The second-order valence-electron chi connectivity index (χ2n) is 4.13. The quantitative estimate of drug-likeness (QED) is 0.831. The Balaban J connectivity index is 2.12. The first-order chi connectivity index (χ1) is 8.22. The molecular formula is C11H18N4O2. The first-order valence-electron chi connectivity index (χ1n) is 5.69. The summed E-state index contributed by atoms with van der Waals surface area (Å²) in [5.74, 6) is 1.58. The van der Waals surface area contributed by atoms with Gasteiger partial charge in [0.2, 0.25) is 5.75 Å². The van der Waals surface area contributed by atoms with Crippen LogP contribution in [0.25, 0.3) is 0 Å². The van der Waals surface area contributed by atoms with E-state index in [0.29, 0.717) is 17.4 Å². The van der Waals surface area contributed by atoms with Gasteiger partial charge in [-0.25, -0.2) is 9.97 Å². The van der Waals surface area contributed by atoms with E-state index in [-0.39, 0.29) is 6.10 Å². The Bertz CT molecular complexity index is 380. The number of hydrogen-bond acceptors (Lipinski definition) is 6. The molecule has 0 radical (unpaired) electrons. The van der Waals surface area contributed by atoms with Crippen LogP contribution in [0.2, 0.25) is 0 Å². The van der Waals surface area contributed by atoms with Gasteiger partial charge in [0.25, 0.3) is 0 Å². The molecule has 2 N–H and O–H groups in total. The minimum absolute atomic E-state index is 0.265. The number of methoxy groups -OCH3 is 1. The van der Waals surface area contributed by atoms with Gasteiger partial charge < -0.3 is 20.1 Å². The third-order valence-corrected chi connectivity index (χ3v) is 2.88. The van der Waals surface area contributed by atoms with E-state index in [4.69, 9.17) is 15.2 Å². The number of ether oxygens (including phenoxy) is 2. The van der Waals surface area contributed by atoms with Gasteiger partial charge >= 0.3 is 0 Å². The molecule has 0 bridgehead atoms. The van der Waals surface area contributed by atoms with Crippen molar-refractivity contribution in [2.24, 2.45) is 0 Å². The molecule has 0 spiro atoms. The number of nitrogens with zero attached hydrogens (tertiary/aromatic N) is 3. The third-order valence-electron chi connectivity index (χ3n) is 2.88. The topological polar surface area (TPSA) is 73.5 Å². The minimum atomic E-state index is 0.265. The number of nitrogen functional groups attached to an aromatic ring is 1. The largest absolute Gasteiger partial charge is 0.490 e. The lowest BCUT2D eigenvalue weighted by Crippen LogP contribution is -2.29. The summed E-state index contributed by atoms with van der Waals surface area (Å²) < 4.78 is 10.8. The molecule has 1 saturated heterocycles. The van der Waals surface area contributed by atoms with E-state index in [1.807, 2.05) is 11.9 Å². The van der Waals surface area contributed by atoms with Crippen LogP contribution >= 0.6 is 0 Å². The van der Waals surface area contributed by atoms with Gasteiger partial charge in [-0.3, -0.25) is 0 Å². The summed E-state index contributed by atoms with van der Waals surface area (Å²) in [5.41, 5.74) is 5.74. The van der Waals surface area contributed by atoms with Crippen LogP contribution < -0.4 is 15.4 Å². The summed E-state index contributed by atoms with van der Waals surface area (Å²) in [6.45, 7) is 1.63. The zero-order valence-corrected chi connectivity index (χ0v) is 10.2. The predicted octanol–water partition coefficient (Wildman–Crippen LogP) is 0.683. The zero-order valence-electron chi connectivity index (χ0n) is 10.2. The highest BCUT2D eigenvalue weighted by atomic mass is 16.5. The van der Waals surface area contributed by atoms with Gasteiger partial charge in [0.05, 0.1) is 13.2 Å². The lowest BCUT2D eigenvalue weighted by Gasteiger charge is -2.23. The van der Waals surface area contributed by atoms with E-state index in [1.54, 1.807) is 7.11 Å². The highest BCUT2D eigenvalue weighted by molar-refractivity contribution is 5.62. The Morgan fingerprint density at radius 2 is 2.41 bits per heavy atom. The van der Waals surface area contributed by atoms with Gasteiger partial charge in [0.1, 0.15) is 6.33 Å². The van der Waals surface area contributed by atoms with Crippen LogP contribution in [0, 0.1) is 0 Å². The maximum absolute atomic E-state index is 5.74. The Morgan fingerprint density at radius 3 is 3.06 bits per heavy atom. The van der Waals surface area contributed by atoms with Crippen molar-refractivity contribution in [2.75, 3.05) is 37.9 Å². The van der Waals surface area contributed by atoms with E-state index in [2.05, 4.69) is 9.97 Å². The summed E-state index contributed by atoms with van der Waals surface area (Å²) in [7, 11) is 3.52. The van der Waals surface area contributed by atoms with E-state index < -0.39 is 0 Å². The van der Waals surface area contributed by atoms with Crippen LogP contribution in [0.5, 0.6) is 5.75 Å². The zero-order chi connectivity index (χ0) is 12.3. The number of likely N-dealkylation sites (N-methyl/N-ethyl adjacent to an activating group) is 1. The molecule has 6 heteroatoms. The summed E-state index contributed by atoms with van der Waals surface area (Å²) in [6.07, 6.45) is 3.93. The molecule has 6 nitrogen and oxygen atoms in total. The van der Waals surface area contributed by atoms with Gasteiger partial charge in [-0.2, -0.15) is 0 Å². The molecule has 1 fully saturated rings. The summed E-state index contributed by atoms with van der Waals surface area (Å²) in [6, 6.07) is 0. The molecule has 94 valence electrons. The second kappa shape index (κ2) is 5.18. The van der Waals surface area contributed by atoms with Crippen molar-refractivity contribution in [3.63, 3.8) is 0 Å². The maximum Gasteiger partial charge on any atom is 0.204 e. The number of hydrogen-bond donors (Lipinski definition) is 1. The fourth-order valence-electron chi connectivity index (χ4n) is 2.03. The summed E-state index contributed by atoms with van der Waals surface area (Å²) in [4.78, 5) is 10.1. The molecule has 17 heavy (non-hydrogen) atoms. The lowest BCUT2D eigenvalue weighted by atomic mass is 10.2. The highest BCUT2D eigenvalue weighted by Crippen LogP contribution is 2.29. The first kappa shape index (κ1) is 11.9. The van der Waals surface area contributed by atoms with Crippen molar-refractivity contribution in [2.45, 2.75) is 18.9 Å². The number of nitrogens with two attached hydrogens (primary N) is 1. The van der Waals surface area contributed by atoms with Gasteiger partial charge in [-0.1, -0.05) is 0 Å². The van der Waals surface area contributed by atoms with Crippen LogP contribution in [0.4, 0.5) is 11.6 Å². The Morgan fingerprint density at radius 1 is 1.59 bits per heavy atom. The van der Waals surface area contributed by atoms with Crippen LogP contribution in [0.1, 0.15) is 12.8 Å². The van der Waals surface area contributed by atoms with Gasteiger partial charge in [0, 0.05) is 20.2 Å². The number of aromatic nitrogens is 2. The third kappa shape index (κ3) is 2.58. The first-order valence-corrected chi connectivity index (χ1v) is 5.69. The molecule has 1 unspecified atom stereocenters. The van der Waals surface area contributed by atoms with E-state index >= 15 is 0 Å². The molecule has 1 aromatic heterocycles. The van der Waals surface area contributed by atoms with Gasteiger partial charge in [0.15, 0.2) is 11.6 Å². The number of anilines is 2. The Kier molecular flexibility index (Phi) is 3.63. The average molecular weight is 238 g/mol. The molecule has 1 aliphatic heterocycles. The van der Waals surface area contributed by atoms with Crippen molar-refractivity contribution in [3.8, 4) is 5.75 Å². The molecule has 0 amide bonds. The SMILES string of the molecule is COc1c(N)ncnc1N(C)CC1CCCO1. The molecule has 1 atom stereocenters. The highest BCUT2D eigenvalue weighted by Gasteiger charge is 2.20. The molecule has 0 aromatic carbocycles. The van der Waals surface area contributed by atoms with Crippen LogP contribution in [0.3, 0.4) is 0 Å². The smallest absolute Gasteiger partial charge is 0.204 e. The Labute approximate surface area is 101 Å². The van der Waals surface area contributed by atoms with Crippen molar-refractivity contribution in [1.29, 1.82) is 0 Å². The van der Waals surface area contributed by atoms with E-state index in [1.165, 1.54) is 6.33 Å². The van der Waals surface area contributed by atoms with Crippen molar-refractivity contribution >= 4 is 11.6 Å². The molecule has 1 aliphatic rings. The molecule has 2 heterocycles. The summed E-state index contributed by atoms with van der Waals surface area (Å²) >= 11 is 0. The molecular weight excluding hydrogens is 220 g/mol. The van der Waals surface area contributed by atoms with Gasteiger partial charge in [-0.05, 0) is 12.8 Å². The van der Waals surface area contributed by atoms with Crippen molar-refractivity contribution in [3.05, 3.63) is 6.33 Å². The molecule has 0 aliphatic carbocycles. The minimum Gasteiger partial charge on any atom is -0.490 e. The summed E-state index contributed by atoms with van der Waals surface area (Å²) in [5, 5.41) is 0. The maximum atomic E-state index is 5.74. The predicted molar refractivity (Wildman–Crippen MR) is 65.2 cm³/mol. The number of rotatable bonds is 4. The average Bonchev–Trinajstić information content (AvgIpc) is 2.81. The van der Waals surface area contributed by atoms with E-state index in [9.17, 15) is 0 Å². The van der Waals surface area contributed by atoms with Crippen LogP contribution in [0.15, 0.2) is 6.33 Å². The fraction of sp³-hybridized carbons (Fsp3) is 0.636.